The number of nitrogens with zero attached hydrogens (tertiary/aromatic N) is 3. The summed E-state index contributed by atoms with van der Waals surface area (Å²) in [5.41, 5.74) is 1.80. The lowest BCUT2D eigenvalue weighted by atomic mass is 9.90. The number of hydrogen-bond acceptors (Lipinski definition) is 4. The van der Waals surface area contributed by atoms with Gasteiger partial charge >= 0.3 is 0 Å². The largest absolute Gasteiger partial charge is 0.382 e. The number of benzene rings is 1. The molecular weight excluding hydrogens is 248 g/mol. The van der Waals surface area contributed by atoms with Gasteiger partial charge in [0.1, 0.15) is 12.1 Å². The first kappa shape index (κ1) is 14.4. The Hall–Kier alpha value is -2.04. The third-order valence-electron chi connectivity index (χ3n) is 4.13. The van der Waals surface area contributed by atoms with Crippen LogP contribution in [0, 0.1) is 28.6 Å². The first-order chi connectivity index (χ1) is 9.63. The van der Waals surface area contributed by atoms with Crippen LogP contribution < -0.4 is 5.32 Å². The summed E-state index contributed by atoms with van der Waals surface area (Å²) in [6, 6.07) is 9.85. The van der Waals surface area contributed by atoms with E-state index in [-0.39, 0.29) is 0 Å². The molecule has 2 rings (SSSR count). The summed E-state index contributed by atoms with van der Waals surface area (Å²) in [5.74, 6) is 0.660. The van der Waals surface area contributed by atoms with Gasteiger partial charge in [0.15, 0.2) is 0 Å². The molecule has 0 radical (unpaired) electrons. The highest BCUT2D eigenvalue weighted by molar-refractivity contribution is 5.56. The fourth-order valence-electron chi connectivity index (χ4n) is 2.73. The predicted molar refractivity (Wildman–Crippen MR) is 79.2 cm³/mol. The standard InChI is InChI=1S/C16H20N4/c1-12(13-5-7-20(2)8-6-13)19-16-4-3-14(10-17)15(9-16)11-18/h3-4,9,12-13,19H,5-8H2,1-2H3. The summed E-state index contributed by atoms with van der Waals surface area (Å²) in [6.07, 6.45) is 2.40. The predicted octanol–water partition coefficient (Wildman–Crippen LogP) is 2.57. The Morgan fingerprint density at radius 3 is 2.45 bits per heavy atom. The lowest BCUT2D eigenvalue weighted by molar-refractivity contribution is 0.208. The molecule has 104 valence electrons. The Morgan fingerprint density at radius 2 is 1.85 bits per heavy atom. The smallest absolute Gasteiger partial charge is 0.101 e. The SMILES string of the molecule is CC(Nc1ccc(C#N)c(C#N)c1)C1CCN(C)CC1. The summed E-state index contributed by atoms with van der Waals surface area (Å²) in [4.78, 5) is 2.36. The third-order valence-corrected chi connectivity index (χ3v) is 4.13. The molecule has 1 N–H and O–H groups in total. The molecule has 1 aromatic rings. The van der Waals surface area contributed by atoms with Crippen molar-refractivity contribution in [3.8, 4) is 12.1 Å². The Balaban J connectivity index is 2.03. The number of rotatable bonds is 3. The Bertz CT molecular complexity index is 545. The van der Waals surface area contributed by atoms with Crippen molar-refractivity contribution in [3.63, 3.8) is 0 Å². The Kier molecular flexibility index (Phi) is 4.61. The summed E-state index contributed by atoms with van der Waals surface area (Å²) in [6.45, 7) is 4.49. The molecule has 1 saturated heterocycles. The maximum absolute atomic E-state index is 9.05. The van der Waals surface area contributed by atoms with Gasteiger partial charge in [0, 0.05) is 11.7 Å². The second kappa shape index (κ2) is 6.41. The van der Waals surface area contributed by atoms with Gasteiger partial charge in [-0.3, -0.25) is 0 Å². The van der Waals surface area contributed by atoms with Gasteiger partial charge < -0.3 is 10.2 Å². The highest BCUT2D eigenvalue weighted by atomic mass is 15.1. The quantitative estimate of drug-likeness (QED) is 0.915. The van der Waals surface area contributed by atoms with Crippen LogP contribution in [0.15, 0.2) is 18.2 Å². The second-order valence-electron chi connectivity index (χ2n) is 5.56. The first-order valence-corrected chi connectivity index (χ1v) is 7.03. The van der Waals surface area contributed by atoms with Crippen LogP contribution >= 0.6 is 0 Å². The minimum Gasteiger partial charge on any atom is -0.382 e. The zero-order valence-corrected chi connectivity index (χ0v) is 12.1. The van der Waals surface area contributed by atoms with Crippen LogP contribution in [0.5, 0.6) is 0 Å². The molecule has 0 amide bonds. The number of nitrogens with one attached hydrogen (secondary N) is 1. The highest BCUT2D eigenvalue weighted by Gasteiger charge is 2.22. The van der Waals surface area contributed by atoms with E-state index in [0.29, 0.717) is 23.1 Å². The maximum Gasteiger partial charge on any atom is 0.101 e. The third kappa shape index (κ3) is 3.29. The summed E-state index contributed by atoms with van der Waals surface area (Å²) < 4.78 is 0. The Morgan fingerprint density at radius 1 is 1.20 bits per heavy atom. The molecule has 4 heteroatoms. The number of piperidine rings is 1. The molecule has 1 heterocycles. The van der Waals surface area contributed by atoms with Crippen LogP contribution in [0.3, 0.4) is 0 Å². The molecule has 4 nitrogen and oxygen atoms in total. The van der Waals surface area contributed by atoms with Gasteiger partial charge in [-0.1, -0.05) is 0 Å². The zero-order chi connectivity index (χ0) is 14.5. The Labute approximate surface area is 120 Å². The minimum atomic E-state index is 0.378. The van der Waals surface area contributed by atoms with E-state index in [9.17, 15) is 0 Å². The van der Waals surface area contributed by atoms with Crippen molar-refractivity contribution in [1.29, 1.82) is 10.5 Å². The molecule has 0 saturated carbocycles. The van der Waals surface area contributed by atoms with Gasteiger partial charge in [0.05, 0.1) is 11.1 Å². The molecule has 1 unspecified atom stereocenters. The molecule has 1 aliphatic rings. The topological polar surface area (TPSA) is 62.9 Å². The van der Waals surface area contributed by atoms with E-state index >= 15 is 0 Å². The maximum atomic E-state index is 9.05. The zero-order valence-electron chi connectivity index (χ0n) is 12.1. The van der Waals surface area contributed by atoms with Crippen LogP contribution in [-0.2, 0) is 0 Å². The lowest BCUT2D eigenvalue weighted by Crippen LogP contribution is -2.37. The van der Waals surface area contributed by atoms with Crippen molar-refractivity contribution in [2.75, 3.05) is 25.5 Å². The summed E-state index contributed by atoms with van der Waals surface area (Å²) >= 11 is 0. The number of anilines is 1. The van der Waals surface area contributed by atoms with E-state index in [1.807, 2.05) is 12.1 Å². The number of likely N-dealkylation sites (tertiary alicyclic amines) is 1. The van der Waals surface area contributed by atoms with E-state index in [1.165, 1.54) is 12.8 Å². The van der Waals surface area contributed by atoms with Crippen molar-refractivity contribution in [3.05, 3.63) is 29.3 Å². The molecule has 1 aliphatic heterocycles. The van der Waals surface area contributed by atoms with Crippen molar-refractivity contribution < 1.29 is 0 Å². The molecule has 1 atom stereocenters. The minimum absolute atomic E-state index is 0.378. The van der Waals surface area contributed by atoms with Gasteiger partial charge in [-0.2, -0.15) is 10.5 Å². The van der Waals surface area contributed by atoms with E-state index in [4.69, 9.17) is 10.5 Å². The van der Waals surface area contributed by atoms with E-state index in [0.717, 1.165) is 18.8 Å². The van der Waals surface area contributed by atoms with E-state index in [2.05, 4.69) is 30.3 Å². The molecule has 1 aromatic carbocycles. The molecule has 0 spiro atoms. The van der Waals surface area contributed by atoms with Gasteiger partial charge in [0.25, 0.3) is 0 Å². The van der Waals surface area contributed by atoms with Gasteiger partial charge in [-0.15, -0.1) is 0 Å². The molecule has 0 aliphatic carbocycles. The highest BCUT2D eigenvalue weighted by Crippen LogP contribution is 2.23. The average molecular weight is 268 g/mol. The van der Waals surface area contributed by atoms with Crippen molar-refractivity contribution in [2.24, 2.45) is 5.92 Å². The van der Waals surface area contributed by atoms with Crippen molar-refractivity contribution >= 4 is 5.69 Å². The van der Waals surface area contributed by atoms with Gasteiger partial charge in [-0.05, 0) is 64.0 Å². The number of hydrogen-bond donors (Lipinski definition) is 1. The van der Waals surface area contributed by atoms with Crippen LogP contribution in [0.2, 0.25) is 0 Å². The van der Waals surface area contributed by atoms with Crippen LogP contribution in [0.1, 0.15) is 30.9 Å². The first-order valence-electron chi connectivity index (χ1n) is 7.03. The normalized spacial score (nSPS) is 18.0. The van der Waals surface area contributed by atoms with Crippen molar-refractivity contribution in [1.82, 2.24) is 4.90 Å². The fourth-order valence-corrected chi connectivity index (χ4v) is 2.73. The lowest BCUT2D eigenvalue weighted by Gasteiger charge is -2.33. The van der Waals surface area contributed by atoms with Gasteiger partial charge in [-0.25, -0.2) is 0 Å². The van der Waals surface area contributed by atoms with Crippen LogP contribution in [0.25, 0.3) is 0 Å². The summed E-state index contributed by atoms with van der Waals surface area (Å²) in [5, 5.41) is 21.4. The molecule has 20 heavy (non-hydrogen) atoms. The van der Waals surface area contributed by atoms with E-state index < -0.39 is 0 Å². The number of nitriles is 2. The second-order valence-corrected chi connectivity index (χ2v) is 5.56. The van der Waals surface area contributed by atoms with Crippen molar-refractivity contribution in [2.45, 2.75) is 25.8 Å². The summed E-state index contributed by atoms with van der Waals surface area (Å²) in [7, 11) is 2.16. The molecule has 0 bridgehead atoms. The van der Waals surface area contributed by atoms with Crippen LogP contribution in [0.4, 0.5) is 5.69 Å². The molecular formula is C16H20N4. The average Bonchev–Trinajstić information content (AvgIpc) is 2.47. The van der Waals surface area contributed by atoms with Crippen LogP contribution in [-0.4, -0.2) is 31.1 Å². The molecule has 0 aromatic heterocycles. The van der Waals surface area contributed by atoms with E-state index in [1.54, 1.807) is 12.1 Å². The molecule has 1 fully saturated rings. The fraction of sp³-hybridized carbons (Fsp3) is 0.500. The monoisotopic (exact) mass is 268 g/mol. The van der Waals surface area contributed by atoms with Gasteiger partial charge in [0.2, 0.25) is 0 Å².